The van der Waals surface area contributed by atoms with Gasteiger partial charge in [-0.1, -0.05) is 0 Å². The molecule has 0 fully saturated rings. The lowest BCUT2D eigenvalue weighted by Crippen LogP contribution is -2.39. The molecule has 1 N–H and O–H groups in total. The molecule has 1 atom stereocenters. The summed E-state index contributed by atoms with van der Waals surface area (Å²) in [5, 5.41) is 10.2. The summed E-state index contributed by atoms with van der Waals surface area (Å²) in [5.74, 6) is 1.06. The average molecular weight is 343 g/mol. The fourth-order valence-corrected chi connectivity index (χ4v) is 4.22. The molecule has 0 aliphatic carbocycles. The number of fused-ring (bicyclic) bond motifs is 5. The van der Waals surface area contributed by atoms with Crippen molar-refractivity contribution in [1.29, 1.82) is 0 Å². The van der Waals surface area contributed by atoms with Crippen molar-refractivity contribution < 1.29 is 23.7 Å². The topological polar surface area (TPSA) is 51.2 Å². The number of ether oxygens (including phenoxy) is 3. The number of hydrogen-bond donors (Lipinski definition) is 1. The summed E-state index contributed by atoms with van der Waals surface area (Å²) in [7, 11) is 1.55. The number of hydrogen-bond acceptors (Lipinski definition) is 5. The lowest BCUT2D eigenvalue weighted by Gasteiger charge is -2.41. The second kappa shape index (κ2) is 5.26. The normalized spacial score (nSPS) is 20.6. The highest BCUT2D eigenvalue weighted by Gasteiger charge is 2.36. The lowest BCUT2D eigenvalue weighted by molar-refractivity contribution is 0.156. The van der Waals surface area contributed by atoms with E-state index in [1.807, 2.05) is 12.1 Å². The van der Waals surface area contributed by atoms with E-state index in [1.54, 1.807) is 13.2 Å². The monoisotopic (exact) mass is 343 g/mol. The van der Waals surface area contributed by atoms with Gasteiger partial charge in [0.25, 0.3) is 0 Å². The molecule has 0 unspecified atom stereocenters. The standard InChI is InChI=1S/C19H18FNO4/c1-23-16-5-10-2-3-21-8-13-11(4-14(21)12(10)7-15(16)22)6-17-19(18(13)20)25-9-24-17/h5-7,14,22H,2-4,8-9H2,1H3/t14-/m0/s1. The van der Waals surface area contributed by atoms with E-state index in [9.17, 15) is 9.50 Å². The minimum atomic E-state index is -0.299. The Labute approximate surface area is 144 Å². The van der Waals surface area contributed by atoms with Gasteiger partial charge in [0.05, 0.1) is 7.11 Å². The molecule has 0 radical (unpaired) electrons. The quantitative estimate of drug-likeness (QED) is 0.863. The maximum atomic E-state index is 14.8. The van der Waals surface area contributed by atoms with Crippen LogP contribution >= 0.6 is 0 Å². The maximum Gasteiger partial charge on any atom is 0.231 e. The van der Waals surface area contributed by atoms with E-state index >= 15 is 0 Å². The van der Waals surface area contributed by atoms with Crippen molar-refractivity contribution in [3.8, 4) is 23.0 Å². The fraction of sp³-hybridized carbons (Fsp3) is 0.368. The van der Waals surface area contributed by atoms with Gasteiger partial charge in [0.1, 0.15) is 0 Å². The Balaban J connectivity index is 1.59. The van der Waals surface area contributed by atoms with Crippen LogP contribution in [0.25, 0.3) is 0 Å². The molecule has 0 spiro atoms. The molecule has 2 aromatic rings. The summed E-state index contributed by atoms with van der Waals surface area (Å²) < 4.78 is 30.6. The zero-order valence-electron chi connectivity index (χ0n) is 13.8. The van der Waals surface area contributed by atoms with E-state index in [-0.39, 0.29) is 30.2 Å². The first-order valence-corrected chi connectivity index (χ1v) is 8.39. The molecule has 0 amide bonds. The maximum absolute atomic E-state index is 14.8. The van der Waals surface area contributed by atoms with Gasteiger partial charge in [-0.25, -0.2) is 4.39 Å². The van der Waals surface area contributed by atoms with Crippen LogP contribution in [0.4, 0.5) is 4.39 Å². The smallest absolute Gasteiger partial charge is 0.231 e. The summed E-state index contributed by atoms with van der Waals surface area (Å²) >= 11 is 0. The third-order valence-electron chi connectivity index (χ3n) is 5.48. The van der Waals surface area contributed by atoms with Gasteiger partial charge in [-0.05, 0) is 47.7 Å². The van der Waals surface area contributed by atoms with E-state index in [2.05, 4.69) is 4.90 Å². The van der Waals surface area contributed by atoms with Crippen molar-refractivity contribution in [2.75, 3.05) is 20.4 Å². The number of aromatic hydroxyl groups is 1. The summed E-state index contributed by atoms with van der Waals surface area (Å²) in [6.07, 6.45) is 1.53. The molecule has 0 saturated carbocycles. The Morgan fingerprint density at radius 1 is 1.24 bits per heavy atom. The number of nitrogens with zero attached hydrogens (tertiary/aromatic N) is 1. The molecule has 5 rings (SSSR count). The summed E-state index contributed by atoms with van der Waals surface area (Å²) in [6, 6.07) is 5.72. The number of phenolic OH excluding ortho intramolecular Hbond substituents is 1. The van der Waals surface area contributed by atoms with E-state index in [0.717, 1.165) is 24.1 Å². The molecule has 0 bridgehead atoms. The molecule has 2 aromatic carbocycles. The zero-order valence-corrected chi connectivity index (χ0v) is 13.8. The highest BCUT2D eigenvalue weighted by Crippen LogP contribution is 2.46. The Bertz CT molecular complexity index is 882. The first-order valence-electron chi connectivity index (χ1n) is 8.39. The van der Waals surface area contributed by atoms with Crippen LogP contribution in [0.3, 0.4) is 0 Å². The molecule has 0 aromatic heterocycles. The van der Waals surface area contributed by atoms with Crippen LogP contribution in [-0.2, 0) is 19.4 Å². The molecule has 3 heterocycles. The molecule has 130 valence electrons. The van der Waals surface area contributed by atoms with Gasteiger partial charge in [0.15, 0.2) is 23.1 Å². The summed E-state index contributed by atoms with van der Waals surface area (Å²) in [4.78, 5) is 2.27. The van der Waals surface area contributed by atoms with Gasteiger partial charge >= 0.3 is 0 Å². The Hall–Kier alpha value is -2.47. The molecule has 3 aliphatic heterocycles. The van der Waals surface area contributed by atoms with Crippen LogP contribution < -0.4 is 14.2 Å². The molecular weight excluding hydrogens is 325 g/mol. The third kappa shape index (κ3) is 2.10. The van der Waals surface area contributed by atoms with Crippen LogP contribution in [0, 0.1) is 5.82 Å². The zero-order chi connectivity index (χ0) is 17.1. The van der Waals surface area contributed by atoms with E-state index in [1.165, 1.54) is 5.56 Å². The van der Waals surface area contributed by atoms with Crippen LogP contribution in [0.2, 0.25) is 0 Å². The number of halogens is 1. The second-order valence-electron chi connectivity index (χ2n) is 6.73. The van der Waals surface area contributed by atoms with Gasteiger partial charge in [-0.2, -0.15) is 0 Å². The van der Waals surface area contributed by atoms with E-state index < -0.39 is 0 Å². The van der Waals surface area contributed by atoms with Crippen LogP contribution in [0.15, 0.2) is 18.2 Å². The number of phenols is 1. The number of benzene rings is 2. The van der Waals surface area contributed by atoms with Gasteiger partial charge in [0, 0.05) is 24.7 Å². The van der Waals surface area contributed by atoms with Gasteiger partial charge in [0.2, 0.25) is 12.5 Å². The molecule has 5 nitrogen and oxygen atoms in total. The van der Waals surface area contributed by atoms with Crippen LogP contribution in [-0.4, -0.2) is 30.5 Å². The first kappa shape index (κ1) is 14.8. The molecule has 6 heteroatoms. The molecule has 25 heavy (non-hydrogen) atoms. The van der Waals surface area contributed by atoms with Gasteiger partial charge in [-0.15, -0.1) is 0 Å². The predicted molar refractivity (Wildman–Crippen MR) is 87.7 cm³/mol. The van der Waals surface area contributed by atoms with Gasteiger partial charge in [-0.3, -0.25) is 4.90 Å². The molecular formula is C19H18FNO4. The van der Waals surface area contributed by atoms with Crippen LogP contribution in [0.1, 0.15) is 28.3 Å². The second-order valence-corrected chi connectivity index (χ2v) is 6.73. The highest BCUT2D eigenvalue weighted by atomic mass is 19.1. The highest BCUT2D eigenvalue weighted by molar-refractivity contribution is 5.53. The van der Waals surface area contributed by atoms with Gasteiger partial charge < -0.3 is 19.3 Å². The Morgan fingerprint density at radius 2 is 2.12 bits per heavy atom. The summed E-state index contributed by atoms with van der Waals surface area (Å²) in [6.45, 7) is 1.45. The first-order chi connectivity index (χ1) is 12.2. The minimum absolute atomic E-state index is 0.0682. The molecule has 3 aliphatic rings. The van der Waals surface area contributed by atoms with Crippen molar-refractivity contribution in [3.63, 3.8) is 0 Å². The van der Waals surface area contributed by atoms with Crippen molar-refractivity contribution in [2.24, 2.45) is 0 Å². The van der Waals surface area contributed by atoms with E-state index in [0.29, 0.717) is 30.0 Å². The van der Waals surface area contributed by atoms with Crippen molar-refractivity contribution >= 4 is 0 Å². The Morgan fingerprint density at radius 3 is 2.96 bits per heavy atom. The van der Waals surface area contributed by atoms with Crippen molar-refractivity contribution in [2.45, 2.75) is 25.4 Å². The third-order valence-corrected chi connectivity index (χ3v) is 5.48. The number of rotatable bonds is 1. The summed E-state index contributed by atoms with van der Waals surface area (Å²) in [5.41, 5.74) is 3.92. The SMILES string of the molecule is COc1cc2c(cc1O)[C@@H]1Cc3cc4c(c(F)c3CN1CC2)OCO4. The predicted octanol–water partition coefficient (Wildman–Crippen LogP) is 2.92. The van der Waals surface area contributed by atoms with Crippen molar-refractivity contribution in [1.82, 2.24) is 4.90 Å². The van der Waals surface area contributed by atoms with E-state index in [4.69, 9.17) is 14.2 Å². The van der Waals surface area contributed by atoms with Crippen molar-refractivity contribution in [3.05, 3.63) is 46.3 Å². The molecule has 0 saturated heterocycles. The Kier molecular flexibility index (Phi) is 3.12. The largest absolute Gasteiger partial charge is 0.504 e. The lowest BCUT2D eigenvalue weighted by atomic mass is 9.83. The minimum Gasteiger partial charge on any atom is -0.504 e. The fourth-order valence-electron chi connectivity index (χ4n) is 4.22. The van der Waals surface area contributed by atoms with Crippen LogP contribution in [0.5, 0.6) is 23.0 Å². The average Bonchev–Trinajstić information content (AvgIpc) is 3.09. The number of methoxy groups -OCH3 is 1.